The fraction of sp³-hybridized carbons (Fsp3) is 0.860. The number of aromatic hydroxyl groups is 1. The number of phenolic OH excluding ortho intramolecular Hbond substituents is 1. The molecule has 0 aliphatic rings. The smallest absolute Gasteiger partial charge is 0.335 e. The summed E-state index contributed by atoms with van der Waals surface area (Å²) < 4.78 is 26.7. The normalized spacial score (nSPS) is 12.7. The quantitative estimate of drug-likeness (QED) is 0.0644. The highest BCUT2D eigenvalue weighted by Crippen LogP contribution is 2.53. The lowest BCUT2D eigenvalue weighted by atomic mass is 9.78. The Kier molecular flexibility index (Phi) is 24.5. The molecule has 48 heavy (non-hydrogen) atoms. The van der Waals surface area contributed by atoms with E-state index in [-0.39, 0.29) is 17.0 Å². The summed E-state index contributed by atoms with van der Waals surface area (Å²) in [4.78, 5) is 0. The van der Waals surface area contributed by atoms with Gasteiger partial charge >= 0.3 is 7.60 Å². The molecule has 1 aromatic carbocycles. The van der Waals surface area contributed by atoms with Crippen LogP contribution in [0.5, 0.6) is 5.75 Å². The first-order chi connectivity index (χ1) is 22.8. The highest BCUT2D eigenvalue weighted by Gasteiger charge is 2.30. The Hall–Kier alpha value is -0.830. The Labute approximate surface area is 299 Å². The zero-order valence-electron chi connectivity index (χ0n) is 33.4. The predicted molar refractivity (Wildman–Crippen MR) is 211 cm³/mol. The average Bonchev–Trinajstić information content (AvgIpc) is 3.01. The van der Waals surface area contributed by atoms with Crippen LogP contribution in [-0.2, 0) is 30.6 Å². The van der Waals surface area contributed by atoms with E-state index in [1.807, 2.05) is 12.1 Å². The van der Waals surface area contributed by atoms with Gasteiger partial charge < -0.3 is 14.2 Å². The van der Waals surface area contributed by atoms with Gasteiger partial charge in [-0.2, -0.15) is 0 Å². The van der Waals surface area contributed by atoms with E-state index in [1.165, 1.54) is 128 Å². The van der Waals surface area contributed by atoms with Crippen LogP contribution in [0.25, 0.3) is 0 Å². The molecule has 0 atom stereocenters. The Morgan fingerprint density at radius 1 is 0.500 bits per heavy atom. The highest BCUT2D eigenvalue weighted by atomic mass is 31.2. The van der Waals surface area contributed by atoms with E-state index in [4.69, 9.17) is 9.05 Å². The lowest BCUT2D eigenvalue weighted by Crippen LogP contribution is -2.18. The molecule has 0 fully saturated rings. The number of unbranched alkanes of at least 4 members (excludes halogenated alkanes) is 22. The van der Waals surface area contributed by atoms with Crippen LogP contribution in [-0.4, -0.2) is 18.3 Å². The molecular weight excluding hydrogens is 611 g/mol. The van der Waals surface area contributed by atoms with Crippen molar-refractivity contribution in [3.05, 3.63) is 28.8 Å². The van der Waals surface area contributed by atoms with E-state index in [9.17, 15) is 9.67 Å². The van der Waals surface area contributed by atoms with E-state index >= 15 is 0 Å². The molecule has 1 aromatic rings. The van der Waals surface area contributed by atoms with Gasteiger partial charge in [0.2, 0.25) is 0 Å². The summed E-state index contributed by atoms with van der Waals surface area (Å²) in [6.45, 7) is 18.2. The van der Waals surface area contributed by atoms with Gasteiger partial charge in [0.05, 0.1) is 19.4 Å². The fourth-order valence-corrected chi connectivity index (χ4v) is 8.28. The van der Waals surface area contributed by atoms with Crippen molar-refractivity contribution in [1.82, 2.24) is 0 Å². The zero-order valence-corrected chi connectivity index (χ0v) is 34.3. The molecule has 0 aliphatic carbocycles. The Morgan fingerprint density at radius 2 is 0.771 bits per heavy atom. The minimum absolute atomic E-state index is 0.240. The van der Waals surface area contributed by atoms with Gasteiger partial charge in [-0.15, -0.1) is 0 Å². The van der Waals surface area contributed by atoms with Crippen LogP contribution in [0.1, 0.15) is 226 Å². The van der Waals surface area contributed by atoms with Crippen molar-refractivity contribution in [1.29, 1.82) is 0 Å². The minimum atomic E-state index is -3.35. The third-order valence-corrected chi connectivity index (χ3v) is 11.6. The van der Waals surface area contributed by atoms with Crippen LogP contribution in [0.2, 0.25) is 0 Å². The molecule has 0 radical (unpaired) electrons. The van der Waals surface area contributed by atoms with E-state index in [0.717, 1.165) is 42.4 Å². The molecule has 0 aromatic heterocycles. The molecule has 0 aliphatic heterocycles. The molecule has 0 heterocycles. The van der Waals surface area contributed by atoms with E-state index < -0.39 is 7.60 Å². The largest absolute Gasteiger partial charge is 0.507 e. The second-order valence-electron chi connectivity index (χ2n) is 16.8. The first kappa shape index (κ1) is 45.2. The third kappa shape index (κ3) is 21.4. The van der Waals surface area contributed by atoms with Crippen LogP contribution in [0, 0.1) is 0 Å². The summed E-state index contributed by atoms with van der Waals surface area (Å²) in [7, 11) is -3.35. The SMILES string of the molecule is CCCCCCCCCCCCCCOP(=O)(Cc1cc(C(C)(C)C)c(O)c(C(C)(C)C)c1)OCCCCCCCCCCCCCC. The lowest BCUT2D eigenvalue weighted by molar-refractivity contribution is 0.196. The summed E-state index contributed by atoms with van der Waals surface area (Å²) in [5, 5.41) is 11.2. The van der Waals surface area contributed by atoms with Crippen molar-refractivity contribution >= 4 is 7.60 Å². The van der Waals surface area contributed by atoms with Crippen LogP contribution in [0.3, 0.4) is 0 Å². The molecule has 1 rings (SSSR count). The van der Waals surface area contributed by atoms with Gasteiger partial charge in [-0.05, 0) is 40.4 Å². The van der Waals surface area contributed by atoms with Gasteiger partial charge in [0.25, 0.3) is 0 Å². The molecule has 0 spiro atoms. The summed E-state index contributed by atoms with van der Waals surface area (Å²) in [6.07, 6.45) is 31.1. The molecule has 0 amide bonds. The maximum Gasteiger partial charge on any atom is 0.335 e. The molecule has 4 nitrogen and oxygen atoms in total. The first-order valence-corrected chi connectivity index (χ1v) is 22.3. The lowest BCUT2D eigenvalue weighted by Gasteiger charge is -2.29. The average molecular weight is 693 g/mol. The van der Waals surface area contributed by atoms with Crippen molar-refractivity contribution in [2.24, 2.45) is 0 Å². The Morgan fingerprint density at radius 3 is 1.04 bits per heavy atom. The van der Waals surface area contributed by atoms with E-state index in [0.29, 0.717) is 19.0 Å². The number of hydrogen-bond donors (Lipinski definition) is 1. The molecule has 0 unspecified atom stereocenters. The van der Waals surface area contributed by atoms with Crippen LogP contribution in [0.4, 0.5) is 0 Å². The second-order valence-corrected chi connectivity index (χ2v) is 18.8. The Balaban J connectivity index is 2.65. The molecule has 282 valence electrons. The minimum Gasteiger partial charge on any atom is -0.507 e. The van der Waals surface area contributed by atoms with E-state index in [2.05, 4.69) is 55.4 Å². The van der Waals surface area contributed by atoms with Crippen molar-refractivity contribution < 1.29 is 18.7 Å². The highest BCUT2D eigenvalue weighted by molar-refractivity contribution is 7.53. The number of phenols is 1. The number of benzene rings is 1. The Bertz CT molecular complexity index is 905. The standard InChI is InChI=1S/C43H81O4P/c1-9-11-13-15-17-19-21-23-25-27-29-31-33-46-48(45,47-34-32-30-28-26-24-22-20-18-16-14-12-10-2)37-38-35-39(42(3,4)5)41(44)40(36-38)43(6,7)8/h35-36,44H,9-34,37H2,1-8H3. The van der Waals surface area contributed by atoms with Gasteiger partial charge in [0.15, 0.2) is 0 Å². The number of rotatable bonds is 30. The maximum absolute atomic E-state index is 14.3. The second kappa shape index (κ2) is 26.0. The molecular formula is C43H81O4P. The van der Waals surface area contributed by atoms with Crippen molar-refractivity contribution in [2.45, 2.75) is 226 Å². The summed E-state index contributed by atoms with van der Waals surface area (Å²) in [5.74, 6) is 0.350. The molecule has 0 saturated carbocycles. The topological polar surface area (TPSA) is 55.8 Å². The van der Waals surface area contributed by atoms with Gasteiger partial charge in [-0.25, -0.2) is 0 Å². The molecule has 5 heteroatoms. The molecule has 0 saturated heterocycles. The molecule has 0 bridgehead atoms. The van der Waals surface area contributed by atoms with Gasteiger partial charge in [-0.1, -0.05) is 209 Å². The monoisotopic (exact) mass is 693 g/mol. The van der Waals surface area contributed by atoms with E-state index in [1.54, 1.807) is 0 Å². The summed E-state index contributed by atoms with van der Waals surface area (Å²) in [5.41, 5.74) is 2.22. The summed E-state index contributed by atoms with van der Waals surface area (Å²) in [6, 6.07) is 4.05. The predicted octanol–water partition coefficient (Wildman–Crippen LogP) is 15.1. The van der Waals surface area contributed by atoms with Crippen molar-refractivity contribution in [3.8, 4) is 5.75 Å². The van der Waals surface area contributed by atoms with Gasteiger partial charge in [-0.3, -0.25) is 4.57 Å². The van der Waals surface area contributed by atoms with Crippen LogP contribution in [0.15, 0.2) is 12.1 Å². The number of hydrogen-bond acceptors (Lipinski definition) is 4. The fourth-order valence-electron chi connectivity index (χ4n) is 6.57. The third-order valence-electron chi connectivity index (χ3n) is 9.73. The van der Waals surface area contributed by atoms with Crippen LogP contribution >= 0.6 is 7.60 Å². The van der Waals surface area contributed by atoms with Crippen molar-refractivity contribution in [2.75, 3.05) is 13.2 Å². The maximum atomic E-state index is 14.3. The zero-order chi connectivity index (χ0) is 35.7. The van der Waals surface area contributed by atoms with Crippen LogP contribution < -0.4 is 0 Å². The van der Waals surface area contributed by atoms with Crippen molar-refractivity contribution in [3.63, 3.8) is 0 Å². The molecule has 1 N–H and O–H groups in total. The van der Waals surface area contributed by atoms with Gasteiger partial charge in [0.1, 0.15) is 5.75 Å². The first-order valence-electron chi connectivity index (χ1n) is 20.6. The van der Waals surface area contributed by atoms with Gasteiger partial charge in [0, 0.05) is 0 Å². The summed E-state index contributed by atoms with van der Waals surface area (Å²) >= 11 is 0.